The Morgan fingerprint density at radius 3 is 2.95 bits per heavy atom. The molecular weight excluding hydrogens is 264 g/mol. The number of nitrogens with zero attached hydrogens (tertiary/aromatic N) is 1. The van der Waals surface area contributed by atoms with E-state index in [9.17, 15) is 4.79 Å². The molecule has 6 heteroatoms. The first-order valence-corrected chi connectivity index (χ1v) is 7.20. The minimum Gasteiger partial charge on any atom is -0.395 e. The summed E-state index contributed by atoms with van der Waals surface area (Å²) in [5.74, 6) is -0.0366. The molecule has 0 saturated carbocycles. The van der Waals surface area contributed by atoms with E-state index in [1.807, 2.05) is 29.3 Å². The number of carbonyl (C=O) groups is 1. The van der Waals surface area contributed by atoms with Crippen LogP contribution >= 0.6 is 11.3 Å². The van der Waals surface area contributed by atoms with Gasteiger partial charge in [0, 0.05) is 25.1 Å². The Labute approximate surface area is 118 Å². The molecule has 1 amide bonds. The summed E-state index contributed by atoms with van der Waals surface area (Å²) in [6, 6.07) is 4.00. The Morgan fingerprint density at radius 2 is 2.37 bits per heavy atom. The molecule has 0 aliphatic carbocycles. The van der Waals surface area contributed by atoms with Crippen LogP contribution < -0.4 is 5.32 Å². The summed E-state index contributed by atoms with van der Waals surface area (Å²) in [5.41, 5.74) is 0. The zero-order valence-corrected chi connectivity index (χ0v) is 12.3. The predicted octanol–water partition coefficient (Wildman–Crippen LogP) is 0.866. The van der Waals surface area contributed by atoms with Gasteiger partial charge in [-0.2, -0.15) is 0 Å². The molecule has 0 fully saturated rings. The topological polar surface area (TPSA) is 61.8 Å². The smallest absolute Gasteiger partial charge is 0.234 e. The summed E-state index contributed by atoms with van der Waals surface area (Å²) in [6.07, 6.45) is 0. The van der Waals surface area contributed by atoms with Gasteiger partial charge >= 0.3 is 0 Å². The number of ether oxygens (including phenoxy) is 1. The van der Waals surface area contributed by atoms with Gasteiger partial charge in [-0.25, -0.2) is 0 Å². The zero-order valence-electron chi connectivity index (χ0n) is 11.5. The second-order valence-electron chi connectivity index (χ2n) is 4.30. The minimum absolute atomic E-state index is 0.0194. The molecule has 108 valence electrons. The first-order valence-electron chi connectivity index (χ1n) is 6.32. The molecular formula is C13H22N2O3S. The molecule has 1 heterocycles. The highest BCUT2D eigenvalue weighted by atomic mass is 32.1. The van der Waals surface area contributed by atoms with Gasteiger partial charge in [0.25, 0.3) is 0 Å². The van der Waals surface area contributed by atoms with E-state index < -0.39 is 0 Å². The van der Waals surface area contributed by atoms with Gasteiger partial charge in [0.1, 0.15) is 0 Å². The van der Waals surface area contributed by atoms with Gasteiger partial charge in [0.15, 0.2) is 0 Å². The van der Waals surface area contributed by atoms with Crippen molar-refractivity contribution in [3.05, 3.63) is 22.4 Å². The number of thiophene rings is 1. The van der Waals surface area contributed by atoms with E-state index in [0.717, 1.165) is 4.88 Å². The average molecular weight is 286 g/mol. The normalized spacial score (nSPS) is 12.6. The number of amides is 1. The summed E-state index contributed by atoms with van der Waals surface area (Å²) in [6.45, 7) is 3.95. The van der Waals surface area contributed by atoms with Crippen LogP contribution in [0.1, 0.15) is 17.8 Å². The third-order valence-electron chi connectivity index (χ3n) is 2.74. The van der Waals surface area contributed by atoms with Gasteiger partial charge in [-0.15, -0.1) is 11.3 Å². The molecule has 2 N–H and O–H groups in total. The molecule has 0 radical (unpaired) electrons. The van der Waals surface area contributed by atoms with E-state index >= 15 is 0 Å². The van der Waals surface area contributed by atoms with Crippen molar-refractivity contribution in [2.45, 2.75) is 13.0 Å². The number of aliphatic hydroxyl groups is 1. The number of methoxy groups -OCH3 is 1. The Balaban J connectivity index is 2.38. The highest BCUT2D eigenvalue weighted by Gasteiger charge is 2.13. The Hall–Kier alpha value is -0.950. The molecule has 0 aromatic carbocycles. The summed E-state index contributed by atoms with van der Waals surface area (Å²) in [7, 11) is 1.62. The fraction of sp³-hybridized carbons (Fsp3) is 0.615. The van der Waals surface area contributed by atoms with Crippen LogP contribution in [-0.4, -0.2) is 55.9 Å². The summed E-state index contributed by atoms with van der Waals surface area (Å²) < 4.78 is 4.99. The van der Waals surface area contributed by atoms with E-state index in [0.29, 0.717) is 19.7 Å². The quantitative estimate of drug-likeness (QED) is 0.707. The molecule has 1 atom stereocenters. The molecule has 19 heavy (non-hydrogen) atoms. The van der Waals surface area contributed by atoms with Crippen LogP contribution in [0.3, 0.4) is 0 Å². The molecule has 0 saturated heterocycles. The number of hydrogen-bond donors (Lipinski definition) is 2. The van der Waals surface area contributed by atoms with E-state index in [-0.39, 0.29) is 25.1 Å². The maximum Gasteiger partial charge on any atom is 0.234 e. The van der Waals surface area contributed by atoms with Gasteiger partial charge in [0.2, 0.25) is 5.91 Å². The first-order chi connectivity index (χ1) is 9.17. The lowest BCUT2D eigenvalue weighted by Crippen LogP contribution is -2.40. The highest BCUT2D eigenvalue weighted by molar-refractivity contribution is 7.10. The van der Waals surface area contributed by atoms with Gasteiger partial charge < -0.3 is 15.2 Å². The Bertz CT molecular complexity index is 357. The summed E-state index contributed by atoms with van der Waals surface area (Å²) >= 11 is 1.63. The van der Waals surface area contributed by atoms with Crippen molar-refractivity contribution in [1.29, 1.82) is 0 Å². The van der Waals surface area contributed by atoms with Crippen LogP contribution in [-0.2, 0) is 9.53 Å². The third kappa shape index (κ3) is 6.15. The molecule has 1 aromatic heterocycles. The van der Waals surface area contributed by atoms with E-state index in [1.54, 1.807) is 18.4 Å². The maximum absolute atomic E-state index is 11.9. The van der Waals surface area contributed by atoms with Crippen molar-refractivity contribution in [2.75, 3.05) is 40.0 Å². The van der Waals surface area contributed by atoms with Gasteiger partial charge in [0.05, 0.1) is 25.8 Å². The fourth-order valence-corrected chi connectivity index (χ4v) is 2.47. The largest absolute Gasteiger partial charge is 0.395 e. The van der Waals surface area contributed by atoms with Gasteiger partial charge in [-0.3, -0.25) is 9.69 Å². The Kier molecular flexibility index (Phi) is 7.66. The molecule has 0 aliphatic rings. The first kappa shape index (κ1) is 16.1. The van der Waals surface area contributed by atoms with Crippen molar-refractivity contribution in [3.8, 4) is 0 Å². The van der Waals surface area contributed by atoms with Crippen LogP contribution in [0.15, 0.2) is 17.5 Å². The number of hydrogen-bond acceptors (Lipinski definition) is 5. The second-order valence-corrected chi connectivity index (χ2v) is 5.28. The molecule has 1 unspecified atom stereocenters. The summed E-state index contributed by atoms with van der Waals surface area (Å²) in [5, 5.41) is 13.9. The lowest BCUT2D eigenvalue weighted by molar-refractivity contribution is -0.123. The van der Waals surface area contributed by atoms with Crippen LogP contribution in [0, 0.1) is 0 Å². The highest BCUT2D eigenvalue weighted by Crippen LogP contribution is 2.17. The summed E-state index contributed by atoms with van der Waals surface area (Å²) in [4.78, 5) is 14.9. The average Bonchev–Trinajstić information content (AvgIpc) is 2.90. The van der Waals surface area contributed by atoms with Crippen LogP contribution in [0.5, 0.6) is 0 Å². The van der Waals surface area contributed by atoms with Crippen molar-refractivity contribution in [2.24, 2.45) is 0 Å². The van der Waals surface area contributed by atoms with Crippen molar-refractivity contribution in [1.82, 2.24) is 10.2 Å². The predicted molar refractivity (Wildman–Crippen MR) is 76.3 cm³/mol. The number of nitrogens with one attached hydrogen (secondary N) is 1. The van der Waals surface area contributed by atoms with Crippen molar-refractivity contribution >= 4 is 17.2 Å². The van der Waals surface area contributed by atoms with Gasteiger partial charge in [-0.05, 0) is 18.4 Å². The van der Waals surface area contributed by atoms with E-state index in [2.05, 4.69) is 5.32 Å². The standard InChI is InChI=1S/C13H22N2O3S/c1-11(12-4-3-9-19-12)14-13(17)10-15(5-7-16)6-8-18-2/h3-4,9,11,16H,5-8,10H2,1-2H3,(H,14,17). The van der Waals surface area contributed by atoms with Crippen molar-refractivity contribution < 1.29 is 14.6 Å². The molecule has 0 bridgehead atoms. The molecule has 0 spiro atoms. The number of carbonyl (C=O) groups excluding carboxylic acids is 1. The van der Waals surface area contributed by atoms with Crippen LogP contribution in [0.25, 0.3) is 0 Å². The van der Waals surface area contributed by atoms with Crippen LogP contribution in [0.4, 0.5) is 0 Å². The SMILES string of the molecule is COCCN(CCO)CC(=O)NC(C)c1cccs1. The number of rotatable bonds is 9. The zero-order chi connectivity index (χ0) is 14.1. The van der Waals surface area contributed by atoms with E-state index in [1.165, 1.54) is 0 Å². The second kappa shape index (κ2) is 9.03. The number of aliphatic hydroxyl groups excluding tert-OH is 1. The fourth-order valence-electron chi connectivity index (χ4n) is 1.73. The third-order valence-corrected chi connectivity index (χ3v) is 3.80. The van der Waals surface area contributed by atoms with E-state index in [4.69, 9.17) is 9.84 Å². The van der Waals surface area contributed by atoms with Crippen molar-refractivity contribution in [3.63, 3.8) is 0 Å². The minimum atomic E-state index is -0.0366. The maximum atomic E-state index is 11.9. The Morgan fingerprint density at radius 1 is 1.58 bits per heavy atom. The lowest BCUT2D eigenvalue weighted by Gasteiger charge is -2.21. The molecule has 5 nitrogen and oxygen atoms in total. The molecule has 1 aromatic rings. The molecule has 1 rings (SSSR count). The molecule has 0 aliphatic heterocycles. The lowest BCUT2D eigenvalue weighted by atomic mass is 10.2. The van der Waals surface area contributed by atoms with Gasteiger partial charge in [-0.1, -0.05) is 6.07 Å². The monoisotopic (exact) mass is 286 g/mol. The van der Waals surface area contributed by atoms with Crippen LogP contribution in [0.2, 0.25) is 0 Å².